The van der Waals surface area contributed by atoms with E-state index in [9.17, 15) is 0 Å². The Morgan fingerprint density at radius 2 is 1.15 bits per heavy atom. The lowest BCUT2D eigenvalue weighted by Gasteiger charge is -2.05. The zero-order valence-electron chi connectivity index (χ0n) is 18.3. The van der Waals surface area contributed by atoms with E-state index in [4.69, 9.17) is 0 Å². The summed E-state index contributed by atoms with van der Waals surface area (Å²) in [4.78, 5) is 0. The van der Waals surface area contributed by atoms with Gasteiger partial charge in [-0.25, -0.2) is 9.13 Å². The maximum Gasteiger partial charge on any atom is 0.256 e. The summed E-state index contributed by atoms with van der Waals surface area (Å²) in [6.45, 7) is 9.18. The number of imidazole rings is 1. The Hall–Kier alpha value is -0.790. The van der Waals surface area contributed by atoms with Gasteiger partial charge in [0.25, 0.3) is 5.82 Å². The first-order valence-corrected chi connectivity index (χ1v) is 11.9. The molecule has 0 bridgehead atoms. The van der Waals surface area contributed by atoms with Gasteiger partial charge in [-0.05, 0) is 26.2 Å². The van der Waals surface area contributed by atoms with E-state index in [1.54, 1.807) is 5.82 Å². The smallest absolute Gasteiger partial charge is 0.235 e. The topological polar surface area (TPSA) is 8.81 Å². The summed E-state index contributed by atoms with van der Waals surface area (Å²) < 4.78 is 5.00. The largest absolute Gasteiger partial charge is 0.256 e. The molecule has 0 aliphatic carbocycles. The molecule has 0 atom stereocenters. The fourth-order valence-electron chi connectivity index (χ4n) is 3.93. The van der Waals surface area contributed by atoms with Gasteiger partial charge in [0.2, 0.25) is 0 Å². The van der Waals surface area contributed by atoms with Gasteiger partial charge >= 0.3 is 0 Å². The maximum absolute atomic E-state index is 2.54. The molecule has 0 amide bonds. The number of unbranched alkanes of at least 4 members (excludes halogenated alkanes) is 13. The summed E-state index contributed by atoms with van der Waals surface area (Å²) in [7, 11) is 0. The van der Waals surface area contributed by atoms with Crippen molar-refractivity contribution in [3.63, 3.8) is 0 Å². The summed E-state index contributed by atoms with van der Waals surface area (Å²) >= 11 is 0. The van der Waals surface area contributed by atoms with Crippen molar-refractivity contribution in [3.8, 4) is 0 Å². The van der Waals surface area contributed by atoms with Crippen LogP contribution in [-0.2, 0) is 19.5 Å². The lowest BCUT2D eigenvalue weighted by atomic mass is 10.1. The predicted molar refractivity (Wildman–Crippen MR) is 115 cm³/mol. The highest BCUT2D eigenvalue weighted by Gasteiger charge is 2.15. The number of aromatic nitrogens is 2. The molecule has 1 heterocycles. The Labute approximate surface area is 164 Å². The highest BCUT2D eigenvalue weighted by Crippen LogP contribution is 2.12. The van der Waals surface area contributed by atoms with E-state index in [0.717, 1.165) is 6.54 Å². The number of aryl methyl sites for hydroxylation is 2. The second-order valence-corrected chi connectivity index (χ2v) is 8.04. The predicted octanol–water partition coefficient (Wildman–Crippen LogP) is 7.23. The third-order valence-corrected chi connectivity index (χ3v) is 5.69. The molecule has 0 N–H and O–H groups in total. The summed E-state index contributed by atoms with van der Waals surface area (Å²) in [5.74, 6) is 1.56. The molecule has 0 spiro atoms. The first kappa shape index (κ1) is 23.2. The molecular weight excluding hydrogens is 316 g/mol. The van der Waals surface area contributed by atoms with E-state index in [-0.39, 0.29) is 0 Å². The van der Waals surface area contributed by atoms with Crippen LogP contribution in [0.1, 0.15) is 123 Å². The molecule has 0 saturated carbocycles. The first-order chi connectivity index (χ1) is 12.8. The third-order valence-electron chi connectivity index (χ3n) is 5.69. The Kier molecular flexibility index (Phi) is 14.7. The standard InChI is InChI=1S/C24H47N2/c1-4-7-9-11-13-14-15-16-18-20-24-25(6-3)22-23-26(24)21-19-17-12-10-8-5-2/h22-23H,4-21H2,1-3H3/q+1. The highest BCUT2D eigenvalue weighted by molar-refractivity contribution is 4.83. The van der Waals surface area contributed by atoms with Gasteiger partial charge in [0.1, 0.15) is 12.4 Å². The van der Waals surface area contributed by atoms with Gasteiger partial charge in [-0.1, -0.05) is 90.9 Å². The number of hydrogen-bond acceptors (Lipinski definition) is 0. The van der Waals surface area contributed by atoms with Crippen LogP contribution in [0.25, 0.3) is 0 Å². The molecule has 0 radical (unpaired) electrons. The van der Waals surface area contributed by atoms with Crippen molar-refractivity contribution in [3.05, 3.63) is 18.2 Å². The Balaban J connectivity index is 2.20. The monoisotopic (exact) mass is 363 g/mol. The molecule has 0 fully saturated rings. The van der Waals surface area contributed by atoms with E-state index in [0.29, 0.717) is 0 Å². The van der Waals surface area contributed by atoms with Crippen molar-refractivity contribution in [2.45, 2.75) is 137 Å². The molecule has 0 aromatic carbocycles. The van der Waals surface area contributed by atoms with Gasteiger partial charge in [0.05, 0.1) is 13.1 Å². The second-order valence-electron chi connectivity index (χ2n) is 8.04. The van der Waals surface area contributed by atoms with Gasteiger partial charge in [0.15, 0.2) is 0 Å². The van der Waals surface area contributed by atoms with E-state index >= 15 is 0 Å². The third kappa shape index (κ3) is 10.4. The lowest BCUT2D eigenvalue weighted by Crippen LogP contribution is -2.37. The van der Waals surface area contributed by atoms with E-state index in [1.165, 1.54) is 109 Å². The number of hydrogen-bond donors (Lipinski definition) is 0. The normalized spacial score (nSPS) is 11.3. The van der Waals surface area contributed by atoms with Crippen LogP contribution >= 0.6 is 0 Å². The van der Waals surface area contributed by atoms with Crippen LogP contribution in [-0.4, -0.2) is 4.57 Å². The van der Waals surface area contributed by atoms with Gasteiger partial charge in [-0.2, -0.15) is 0 Å². The van der Waals surface area contributed by atoms with E-state index in [1.807, 2.05) is 0 Å². The fraction of sp³-hybridized carbons (Fsp3) is 0.875. The van der Waals surface area contributed by atoms with Crippen LogP contribution in [0.15, 0.2) is 12.4 Å². The van der Waals surface area contributed by atoms with Gasteiger partial charge in [-0.15, -0.1) is 0 Å². The summed E-state index contributed by atoms with van der Waals surface area (Å²) in [6.07, 6.45) is 26.9. The molecule has 0 aliphatic heterocycles. The van der Waals surface area contributed by atoms with Gasteiger partial charge in [0, 0.05) is 6.42 Å². The Morgan fingerprint density at radius 1 is 0.654 bits per heavy atom. The average Bonchev–Trinajstić information content (AvgIpc) is 3.05. The quantitative estimate of drug-likeness (QED) is 0.192. The van der Waals surface area contributed by atoms with Crippen LogP contribution in [0.4, 0.5) is 0 Å². The van der Waals surface area contributed by atoms with Gasteiger partial charge < -0.3 is 0 Å². The summed E-state index contributed by atoms with van der Waals surface area (Å²) in [5.41, 5.74) is 0. The van der Waals surface area contributed by atoms with Crippen molar-refractivity contribution >= 4 is 0 Å². The van der Waals surface area contributed by atoms with Crippen molar-refractivity contribution in [2.75, 3.05) is 0 Å². The minimum Gasteiger partial charge on any atom is -0.235 e. The molecule has 2 nitrogen and oxygen atoms in total. The van der Waals surface area contributed by atoms with Crippen LogP contribution in [0.2, 0.25) is 0 Å². The number of nitrogens with zero attached hydrogens (tertiary/aromatic N) is 2. The zero-order valence-corrected chi connectivity index (χ0v) is 18.3. The maximum atomic E-state index is 2.54. The molecule has 1 aromatic heterocycles. The molecule has 0 aliphatic rings. The lowest BCUT2D eigenvalue weighted by molar-refractivity contribution is -0.704. The molecule has 1 rings (SSSR count). The van der Waals surface area contributed by atoms with Crippen molar-refractivity contribution in [2.24, 2.45) is 0 Å². The minimum atomic E-state index is 1.11. The molecule has 2 heteroatoms. The second kappa shape index (κ2) is 16.4. The van der Waals surface area contributed by atoms with Crippen LogP contribution in [0.5, 0.6) is 0 Å². The molecule has 26 heavy (non-hydrogen) atoms. The molecular formula is C24H47N2+. The summed E-state index contributed by atoms with van der Waals surface area (Å²) in [6, 6.07) is 0. The fourth-order valence-corrected chi connectivity index (χ4v) is 3.93. The molecule has 0 unspecified atom stereocenters. The Bertz CT molecular complexity index is 422. The summed E-state index contributed by atoms with van der Waals surface area (Å²) in [5, 5.41) is 0. The number of rotatable bonds is 18. The van der Waals surface area contributed by atoms with Crippen molar-refractivity contribution < 1.29 is 4.57 Å². The first-order valence-electron chi connectivity index (χ1n) is 11.9. The Morgan fingerprint density at radius 3 is 1.69 bits per heavy atom. The average molecular weight is 364 g/mol. The van der Waals surface area contributed by atoms with Crippen LogP contribution < -0.4 is 4.57 Å². The minimum absolute atomic E-state index is 1.11. The van der Waals surface area contributed by atoms with Crippen molar-refractivity contribution in [1.82, 2.24) is 4.57 Å². The van der Waals surface area contributed by atoms with Crippen molar-refractivity contribution in [1.29, 1.82) is 0 Å². The molecule has 0 saturated heterocycles. The van der Waals surface area contributed by atoms with E-state index < -0.39 is 0 Å². The highest BCUT2D eigenvalue weighted by atomic mass is 15.1. The SMILES string of the molecule is CCCCCCCCCCCc1n(CC)cc[n+]1CCCCCCCC. The van der Waals surface area contributed by atoms with E-state index in [2.05, 4.69) is 42.3 Å². The van der Waals surface area contributed by atoms with Crippen LogP contribution in [0, 0.1) is 0 Å². The molecule has 152 valence electrons. The van der Waals surface area contributed by atoms with Crippen LogP contribution in [0.3, 0.4) is 0 Å². The van der Waals surface area contributed by atoms with Gasteiger partial charge in [-0.3, -0.25) is 0 Å². The molecule has 1 aromatic rings. The zero-order chi connectivity index (χ0) is 18.9.